The van der Waals surface area contributed by atoms with Crippen LogP contribution in [0.4, 0.5) is 0 Å². The summed E-state index contributed by atoms with van der Waals surface area (Å²) in [6, 6.07) is 14.8. The number of carbonyl (C=O) groups excluding carboxylic acids is 1. The van der Waals surface area contributed by atoms with Crippen molar-refractivity contribution in [1.29, 1.82) is 0 Å². The zero-order chi connectivity index (χ0) is 20.7. The van der Waals surface area contributed by atoms with Crippen molar-refractivity contribution in [2.75, 3.05) is 19.8 Å². The topological polar surface area (TPSA) is 69.2 Å². The van der Waals surface area contributed by atoms with Crippen molar-refractivity contribution in [3.8, 4) is 17.2 Å². The van der Waals surface area contributed by atoms with Crippen LogP contribution in [0.2, 0.25) is 0 Å². The second-order valence-electron chi connectivity index (χ2n) is 6.53. The van der Waals surface area contributed by atoms with Crippen molar-refractivity contribution >= 4 is 12.1 Å². The first-order valence-corrected chi connectivity index (χ1v) is 10.1. The fourth-order valence-electron chi connectivity index (χ4n) is 2.31. The largest absolute Gasteiger partial charge is 0.494 e. The summed E-state index contributed by atoms with van der Waals surface area (Å²) >= 11 is 0. The maximum atomic E-state index is 11.9. The van der Waals surface area contributed by atoms with E-state index >= 15 is 0 Å². The van der Waals surface area contributed by atoms with Gasteiger partial charge in [0.25, 0.3) is 5.91 Å². The van der Waals surface area contributed by atoms with Crippen molar-refractivity contribution in [2.45, 2.75) is 39.5 Å². The van der Waals surface area contributed by atoms with E-state index in [1.54, 1.807) is 18.3 Å². The molecule has 6 nitrogen and oxygen atoms in total. The molecule has 0 unspecified atom stereocenters. The second-order valence-corrected chi connectivity index (χ2v) is 6.53. The molecule has 0 atom stereocenters. The molecule has 0 radical (unpaired) electrons. The minimum absolute atomic E-state index is 0.114. The van der Waals surface area contributed by atoms with E-state index in [2.05, 4.69) is 24.4 Å². The molecule has 0 fully saturated rings. The van der Waals surface area contributed by atoms with E-state index in [-0.39, 0.29) is 12.5 Å². The van der Waals surface area contributed by atoms with E-state index < -0.39 is 0 Å². The number of hydrogen-bond acceptors (Lipinski definition) is 5. The molecule has 0 saturated heterocycles. The first-order valence-electron chi connectivity index (χ1n) is 10.1. The summed E-state index contributed by atoms with van der Waals surface area (Å²) in [7, 11) is 0. The quantitative estimate of drug-likeness (QED) is 0.305. The van der Waals surface area contributed by atoms with Crippen LogP contribution in [0.3, 0.4) is 0 Å². The third-order valence-corrected chi connectivity index (χ3v) is 4.01. The monoisotopic (exact) mass is 398 g/mol. The Morgan fingerprint density at radius 3 is 1.83 bits per heavy atom. The summed E-state index contributed by atoms with van der Waals surface area (Å²) in [5.41, 5.74) is 3.32. The van der Waals surface area contributed by atoms with Crippen LogP contribution in [-0.2, 0) is 4.79 Å². The van der Waals surface area contributed by atoms with Crippen molar-refractivity contribution in [2.24, 2.45) is 5.10 Å². The predicted molar refractivity (Wildman–Crippen MR) is 115 cm³/mol. The molecule has 0 aliphatic carbocycles. The van der Waals surface area contributed by atoms with Crippen LogP contribution in [0.15, 0.2) is 53.6 Å². The van der Waals surface area contributed by atoms with Gasteiger partial charge in [0.15, 0.2) is 6.61 Å². The minimum atomic E-state index is -0.330. The Morgan fingerprint density at radius 2 is 1.31 bits per heavy atom. The molecule has 2 aromatic carbocycles. The fraction of sp³-hybridized carbons (Fsp3) is 0.391. The maximum absolute atomic E-state index is 11.9. The average molecular weight is 399 g/mol. The number of hydrogen-bond donors (Lipinski definition) is 1. The minimum Gasteiger partial charge on any atom is -0.494 e. The van der Waals surface area contributed by atoms with Crippen molar-refractivity contribution in [1.82, 2.24) is 5.43 Å². The number of unbranched alkanes of at least 4 members (excludes halogenated alkanes) is 2. The standard InChI is InChI=1S/C23H30N2O4/c1-3-5-15-27-20-9-7-19(8-10-20)17-24-25-23(26)18-29-22-13-11-21(12-14-22)28-16-6-4-2/h7-14,17H,3-6,15-16,18H2,1-2H3,(H,25,26)/b24-17+. The highest BCUT2D eigenvalue weighted by molar-refractivity contribution is 5.83. The van der Waals surface area contributed by atoms with Gasteiger partial charge in [-0.15, -0.1) is 0 Å². The van der Waals surface area contributed by atoms with Crippen LogP contribution in [0.5, 0.6) is 17.2 Å². The highest BCUT2D eigenvalue weighted by Crippen LogP contribution is 2.17. The summed E-state index contributed by atoms with van der Waals surface area (Å²) in [6.07, 6.45) is 5.84. The summed E-state index contributed by atoms with van der Waals surface area (Å²) < 4.78 is 16.7. The molecule has 0 aliphatic heterocycles. The third-order valence-electron chi connectivity index (χ3n) is 4.01. The molecule has 2 aromatic rings. The van der Waals surface area contributed by atoms with E-state index in [1.807, 2.05) is 36.4 Å². The van der Waals surface area contributed by atoms with Gasteiger partial charge in [0.05, 0.1) is 19.4 Å². The summed E-state index contributed by atoms with van der Waals surface area (Å²) in [4.78, 5) is 11.9. The fourth-order valence-corrected chi connectivity index (χ4v) is 2.31. The Balaban J connectivity index is 1.68. The number of benzene rings is 2. The van der Waals surface area contributed by atoms with E-state index in [0.717, 1.165) is 42.7 Å². The molecule has 0 saturated carbocycles. The van der Waals surface area contributed by atoms with Crippen LogP contribution >= 0.6 is 0 Å². The zero-order valence-corrected chi connectivity index (χ0v) is 17.2. The molecular formula is C23H30N2O4. The number of rotatable bonds is 13. The van der Waals surface area contributed by atoms with Gasteiger partial charge in [-0.1, -0.05) is 26.7 Å². The molecule has 0 heterocycles. The Bertz CT molecular complexity index is 742. The first-order chi connectivity index (χ1) is 14.2. The molecule has 0 aromatic heterocycles. The molecule has 0 bridgehead atoms. The summed E-state index contributed by atoms with van der Waals surface area (Å²) in [5, 5.41) is 3.95. The summed E-state index contributed by atoms with van der Waals surface area (Å²) in [6.45, 7) is 5.55. The van der Waals surface area contributed by atoms with Gasteiger partial charge in [0.1, 0.15) is 17.2 Å². The van der Waals surface area contributed by atoms with Gasteiger partial charge < -0.3 is 14.2 Å². The van der Waals surface area contributed by atoms with E-state index in [0.29, 0.717) is 19.0 Å². The van der Waals surface area contributed by atoms with E-state index in [4.69, 9.17) is 14.2 Å². The number of nitrogens with zero attached hydrogens (tertiary/aromatic N) is 1. The number of carbonyl (C=O) groups is 1. The van der Waals surface area contributed by atoms with Gasteiger partial charge in [-0.2, -0.15) is 5.10 Å². The van der Waals surface area contributed by atoms with Crippen molar-refractivity contribution < 1.29 is 19.0 Å². The molecule has 2 rings (SSSR count). The van der Waals surface area contributed by atoms with Crippen LogP contribution in [-0.4, -0.2) is 31.9 Å². The lowest BCUT2D eigenvalue weighted by Gasteiger charge is -2.08. The van der Waals surface area contributed by atoms with Crippen LogP contribution in [0.1, 0.15) is 45.1 Å². The second kappa shape index (κ2) is 13.2. The van der Waals surface area contributed by atoms with Gasteiger partial charge in [-0.25, -0.2) is 5.43 Å². The molecule has 1 amide bonds. The SMILES string of the molecule is CCCCOc1ccc(/C=N/NC(=O)COc2ccc(OCCCC)cc2)cc1. The van der Waals surface area contributed by atoms with E-state index in [9.17, 15) is 4.79 Å². The first kappa shape index (κ1) is 22.3. The van der Waals surface area contributed by atoms with Crippen molar-refractivity contribution in [3.05, 3.63) is 54.1 Å². The zero-order valence-electron chi connectivity index (χ0n) is 17.2. The van der Waals surface area contributed by atoms with Gasteiger partial charge in [0, 0.05) is 0 Å². The Labute approximate surface area is 172 Å². The number of amides is 1. The molecule has 6 heteroatoms. The van der Waals surface area contributed by atoms with Crippen LogP contribution < -0.4 is 19.6 Å². The highest BCUT2D eigenvalue weighted by Gasteiger charge is 2.02. The van der Waals surface area contributed by atoms with Gasteiger partial charge >= 0.3 is 0 Å². The maximum Gasteiger partial charge on any atom is 0.277 e. The number of hydrazone groups is 1. The van der Waals surface area contributed by atoms with E-state index in [1.165, 1.54) is 0 Å². The molecule has 29 heavy (non-hydrogen) atoms. The molecule has 1 N–H and O–H groups in total. The Morgan fingerprint density at radius 1 is 0.828 bits per heavy atom. The van der Waals surface area contributed by atoms with Crippen LogP contribution in [0, 0.1) is 0 Å². The van der Waals surface area contributed by atoms with Gasteiger partial charge in [0.2, 0.25) is 0 Å². The molecule has 0 spiro atoms. The smallest absolute Gasteiger partial charge is 0.277 e. The lowest BCUT2D eigenvalue weighted by molar-refractivity contribution is -0.123. The Hall–Kier alpha value is -3.02. The molecule has 156 valence electrons. The number of nitrogens with one attached hydrogen (secondary N) is 1. The highest BCUT2D eigenvalue weighted by atomic mass is 16.5. The van der Waals surface area contributed by atoms with Gasteiger partial charge in [-0.05, 0) is 66.9 Å². The third kappa shape index (κ3) is 9.14. The van der Waals surface area contributed by atoms with Crippen LogP contribution in [0.25, 0.3) is 0 Å². The normalized spacial score (nSPS) is 10.7. The lowest BCUT2D eigenvalue weighted by atomic mass is 10.2. The average Bonchev–Trinajstić information content (AvgIpc) is 2.75. The predicted octanol–water partition coefficient (Wildman–Crippen LogP) is 4.57. The summed E-state index contributed by atoms with van der Waals surface area (Å²) in [5.74, 6) is 1.89. The van der Waals surface area contributed by atoms with Gasteiger partial charge in [-0.3, -0.25) is 4.79 Å². The number of ether oxygens (including phenoxy) is 3. The molecular weight excluding hydrogens is 368 g/mol. The Kier molecular flexibility index (Phi) is 10.1. The lowest BCUT2D eigenvalue weighted by Crippen LogP contribution is -2.24. The van der Waals surface area contributed by atoms with Crippen molar-refractivity contribution in [3.63, 3.8) is 0 Å². The molecule has 0 aliphatic rings.